The Balaban J connectivity index is 1.89. The SMILES string of the molecule is [N-]=[N+]=NC1(COP(=O)(O)OP(=O)(O)OP(=O)(O)O)O[C@@H](n2cnc3c(=O)[nH]c(N)nc32)[C@H](O)[C@@H]1O. The molecule has 1 fully saturated rings. The number of ether oxygens (including phenoxy) is 1. The molecule has 1 saturated heterocycles. The number of nitrogen functional groups attached to an aromatic ring is 1. The minimum Gasteiger partial charge on any atom is -0.387 e. The molecular formula is C10H15N8O14P3. The molecule has 35 heavy (non-hydrogen) atoms. The molecule has 6 atom stereocenters. The molecule has 0 aliphatic carbocycles. The topological polar surface area (TPSA) is 348 Å². The highest BCUT2D eigenvalue weighted by atomic mass is 31.3. The lowest BCUT2D eigenvalue weighted by Gasteiger charge is -2.27. The zero-order chi connectivity index (χ0) is 26.4. The van der Waals surface area contributed by atoms with E-state index in [9.17, 15) is 38.5 Å². The van der Waals surface area contributed by atoms with Gasteiger partial charge in [-0.2, -0.15) is 13.6 Å². The van der Waals surface area contributed by atoms with Crippen LogP contribution in [0.5, 0.6) is 0 Å². The Morgan fingerprint density at radius 3 is 2.51 bits per heavy atom. The van der Waals surface area contributed by atoms with Crippen molar-refractivity contribution in [3.05, 3.63) is 27.1 Å². The monoisotopic (exact) mass is 564 g/mol. The van der Waals surface area contributed by atoms with E-state index in [1.54, 1.807) is 0 Å². The average molecular weight is 564 g/mol. The summed E-state index contributed by atoms with van der Waals surface area (Å²) >= 11 is 0. The molecule has 3 unspecified atom stereocenters. The normalized spacial score (nSPS) is 28.3. The Morgan fingerprint density at radius 1 is 1.26 bits per heavy atom. The number of nitrogens with one attached hydrogen (secondary N) is 1. The summed E-state index contributed by atoms with van der Waals surface area (Å²) in [5.74, 6) is -0.355. The lowest BCUT2D eigenvalue weighted by molar-refractivity contribution is -0.121. The molecule has 0 radical (unpaired) electrons. The molecule has 0 aromatic carbocycles. The molecule has 0 bridgehead atoms. The second kappa shape index (κ2) is 9.32. The van der Waals surface area contributed by atoms with Gasteiger partial charge >= 0.3 is 23.5 Å². The van der Waals surface area contributed by atoms with E-state index >= 15 is 0 Å². The van der Waals surface area contributed by atoms with Gasteiger partial charge in [0.25, 0.3) is 5.56 Å². The Bertz CT molecular complexity index is 1380. The number of aromatic nitrogens is 4. The van der Waals surface area contributed by atoms with Crippen LogP contribution in [0.4, 0.5) is 5.95 Å². The van der Waals surface area contributed by atoms with Crippen molar-refractivity contribution in [2.45, 2.75) is 24.2 Å². The lowest BCUT2D eigenvalue weighted by atomic mass is 10.1. The highest BCUT2D eigenvalue weighted by molar-refractivity contribution is 7.66. The van der Waals surface area contributed by atoms with Crippen LogP contribution in [0.25, 0.3) is 21.6 Å². The van der Waals surface area contributed by atoms with Crippen molar-refractivity contribution < 1.29 is 61.4 Å². The minimum absolute atomic E-state index is 0.243. The van der Waals surface area contributed by atoms with Gasteiger partial charge < -0.3 is 40.3 Å². The standard InChI is InChI=1S/C10H15N8O14P3/c11-9-14-6-3(7(21)15-9)13-2-18(6)8-4(19)5(20)10(30-8,16-17-12)1-29-34(25,26)32-35(27,28)31-33(22,23)24/h2,4-5,8,19-20H,1H2,(H,25,26)(H,27,28)(H2,22,23,24)(H3,11,14,15,21)/t4-,5+,8-,10?/m1/s1. The second-order valence-corrected chi connectivity index (χ2v) is 11.0. The van der Waals surface area contributed by atoms with Crippen molar-refractivity contribution >= 4 is 40.6 Å². The number of hydrogen-bond acceptors (Lipinski definition) is 14. The Kier molecular flexibility index (Phi) is 7.28. The smallest absolute Gasteiger partial charge is 0.387 e. The first kappa shape index (κ1) is 27.3. The Morgan fingerprint density at radius 2 is 1.91 bits per heavy atom. The van der Waals surface area contributed by atoms with Gasteiger partial charge in [-0.1, -0.05) is 5.11 Å². The fourth-order valence-electron chi connectivity index (χ4n) is 2.91. The molecule has 9 N–H and O–H groups in total. The predicted molar refractivity (Wildman–Crippen MR) is 106 cm³/mol. The van der Waals surface area contributed by atoms with Gasteiger partial charge in [0.15, 0.2) is 17.4 Å². The number of aliphatic hydroxyl groups is 2. The van der Waals surface area contributed by atoms with Crippen molar-refractivity contribution in [3.8, 4) is 0 Å². The summed E-state index contributed by atoms with van der Waals surface area (Å²) < 4.78 is 51.9. The number of imidazole rings is 1. The van der Waals surface area contributed by atoms with E-state index in [0.29, 0.717) is 0 Å². The minimum atomic E-state index is -5.87. The molecule has 3 rings (SSSR count). The van der Waals surface area contributed by atoms with E-state index in [-0.39, 0.29) is 17.1 Å². The van der Waals surface area contributed by atoms with Gasteiger partial charge in [-0.15, -0.1) is 0 Å². The number of aromatic amines is 1. The summed E-state index contributed by atoms with van der Waals surface area (Å²) in [5, 5.41) is 24.1. The van der Waals surface area contributed by atoms with Gasteiger partial charge in [0.1, 0.15) is 12.2 Å². The van der Waals surface area contributed by atoms with Crippen molar-refractivity contribution in [1.29, 1.82) is 0 Å². The molecule has 22 nitrogen and oxygen atoms in total. The molecule has 2 aromatic rings. The molecule has 3 heterocycles. The Labute approximate surface area is 191 Å². The third-order valence-electron chi connectivity index (χ3n) is 4.19. The number of hydrogen-bond donors (Lipinski definition) is 8. The predicted octanol–water partition coefficient (Wildman–Crippen LogP) is -1.70. The van der Waals surface area contributed by atoms with E-state index in [0.717, 1.165) is 10.9 Å². The third-order valence-corrected chi connectivity index (χ3v) is 7.97. The average Bonchev–Trinajstić information content (AvgIpc) is 3.19. The number of H-pyrrole nitrogens is 1. The highest BCUT2D eigenvalue weighted by Crippen LogP contribution is 2.66. The van der Waals surface area contributed by atoms with E-state index in [4.69, 9.17) is 25.8 Å². The second-order valence-electron chi connectivity index (χ2n) is 6.62. The van der Waals surface area contributed by atoms with Crippen molar-refractivity contribution in [2.24, 2.45) is 5.11 Å². The van der Waals surface area contributed by atoms with Crippen LogP contribution in [0.1, 0.15) is 6.23 Å². The first-order chi connectivity index (χ1) is 16.0. The van der Waals surface area contributed by atoms with E-state index in [2.05, 4.69) is 38.1 Å². The summed E-state index contributed by atoms with van der Waals surface area (Å²) in [6, 6.07) is 0. The third kappa shape index (κ3) is 5.95. The summed E-state index contributed by atoms with van der Waals surface area (Å²) in [6.45, 7) is -1.43. The summed E-state index contributed by atoms with van der Waals surface area (Å²) in [6.07, 6.45) is -4.95. The summed E-state index contributed by atoms with van der Waals surface area (Å²) in [5.41, 5.74) is 10.4. The number of nitrogens with two attached hydrogens (primary N) is 1. The number of fused-ring (bicyclic) bond motifs is 1. The van der Waals surface area contributed by atoms with E-state index < -0.39 is 59.8 Å². The molecule has 0 saturated carbocycles. The first-order valence-electron chi connectivity index (χ1n) is 8.60. The largest absolute Gasteiger partial charge is 0.490 e. The molecular weight excluding hydrogens is 549 g/mol. The van der Waals surface area contributed by atoms with Crippen LogP contribution < -0.4 is 11.3 Å². The lowest BCUT2D eigenvalue weighted by Crippen LogP contribution is -2.44. The van der Waals surface area contributed by atoms with Crippen LogP contribution in [0, 0.1) is 0 Å². The fourth-order valence-corrected chi connectivity index (χ4v) is 5.95. The van der Waals surface area contributed by atoms with E-state index in [1.165, 1.54) is 0 Å². The van der Waals surface area contributed by atoms with Crippen LogP contribution in [-0.2, 0) is 31.6 Å². The summed E-state index contributed by atoms with van der Waals surface area (Å²) in [4.78, 5) is 60.0. The van der Waals surface area contributed by atoms with Crippen LogP contribution in [0.15, 0.2) is 16.2 Å². The van der Waals surface area contributed by atoms with Crippen LogP contribution in [0.3, 0.4) is 0 Å². The molecule has 194 valence electrons. The zero-order valence-electron chi connectivity index (χ0n) is 16.6. The van der Waals surface area contributed by atoms with Crippen LogP contribution >= 0.6 is 23.5 Å². The Hall–Kier alpha value is -2.25. The number of phosphoric acid groups is 3. The molecule has 0 spiro atoms. The summed E-state index contributed by atoms with van der Waals surface area (Å²) in [7, 11) is -17.3. The highest BCUT2D eigenvalue weighted by Gasteiger charge is 2.56. The van der Waals surface area contributed by atoms with E-state index in [1.807, 2.05) is 0 Å². The van der Waals surface area contributed by atoms with Crippen LogP contribution in [0.2, 0.25) is 0 Å². The number of azide groups is 1. The first-order valence-corrected chi connectivity index (χ1v) is 13.1. The van der Waals surface area contributed by atoms with Gasteiger partial charge in [0, 0.05) is 4.91 Å². The molecule has 1 aliphatic heterocycles. The van der Waals surface area contributed by atoms with Crippen LogP contribution in [-0.4, -0.2) is 73.8 Å². The van der Waals surface area contributed by atoms with Gasteiger partial charge in [0.05, 0.1) is 12.9 Å². The van der Waals surface area contributed by atoms with Gasteiger partial charge in [0.2, 0.25) is 11.7 Å². The van der Waals surface area contributed by atoms with Crippen molar-refractivity contribution in [1.82, 2.24) is 19.5 Å². The molecule has 1 aliphatic rings. The van der Waals surface area contributed by atoms with Gasteiger partial charge in [-0.3, -0.25) is 18.9 Å². The molecule has 25 heteroatoms. The number of rotatable bonds is 9. The molecule has 0 amide bonds. The zero-order valence-corrected chi connectivity index (χ0v) is 19.3. The maximum atomic E-state index is 12.0. The van der Waals surface area contributed by atoms with Gasteiger partial charge in [-0.25, -0.2) is 18.7 Å². The molecule has 2 aromatic heterocycles. The van der Waals surface area contributed by atoms with Gasteiger partial charge in [-0.05, 0) is 5.53 Å². The quantitative estimate of drug-likeness (QED) is 0.0728. The maximum Gasteiger partial charge on any atom is 0.490 e. The number of anilines is 1. The maximum absolute atomic E-state index is 12.0. The number of phosphoric ester groups is 1. The van der Waals surface area contributed by atoms with Crippen molar-refractivity contribution in [3.63, 3.8) is 0 Å². The number of aliphatic hydroxyl groups excluding tert-OH is 2. The fraction of sp³-hybridized carbons (Fsp3) is 0.500. The number of nitrogens with zero attached hydrogens (tertiary/aromatic N) is 6. The van der Waals surface area contributed by atoms with Crippen molar-refractivity contribution in [2.75, 3.05) is 12.3 Å².